The molecule has 27 heavy (non-hydrogen) atoms. The summed E-state index contributed by atoms with van der Waals surface area (Å²) in [5.74, 6) is 1.24. The first-order valence-electron chi connectivity index (χ1n) is 8.96. The summed E-state index contributed by atoms with van der Waals surface area (Å²) in [6.45, 7) is 0. The Morgan fingerprint density at radius 3 is 2.56 bits per heavy atom. The largest absolute Gasteiger partial charge is 0.367 e. The maximum absolute atomic E-state index is 11.2. The molecule has 142 valence electrons. The summed E-state index contributed by atoms with van der Waals surface area (Å²) in [5.41, 5.74) is 13.5. The van der Waals surface area contributed by atoms with E-state index in [2.05, 4.69) is 20.6 Å². The van der Waals surface area contributed by atoms with Gasteiger partial charge in [-0.15, -0.1) is 0 Å². The molecule has 1 aliphatic carbocycles. The number of nitrogens with two attached hydrogens (primary N) is 2. The van der Waals surface area contributed by atoms with Crippen LogP contribution in [0.25, 0.3) is 0 Å². The highest BCUT2D eigenvalue weighted by Gasteiger charge is 2.39. The topological polar surface area (TPSA) is 135 Å². The van der Waals surface area contributed by atoms with Gasteiger partial charge in [-0.2, -0.15) is 4.98 Å². The minimum absolute atomic E-state index is 0.148. The number of hydrogen-bond acceptors (Lipinski definition) is 7. The van der Waals surface area contributed by atoms with Crippen LogP contribution >= 0.6 is 0 Å². The Morgan fingerprint density at radius 2 is 2.00 bits per heavy atom. The number of hydrogen-bond donors (Lipinski definition) is 4. The molecule has 1 saturated heterocycles. The normalized spacial score (nSPS) is 21.3. The lowest BCUT2D eigenvalue weighted by molar-refractivity contribution is 0.255. The van der Waals surface area contributed by atoms with Gasteiger partial charge in [-0.25, -0.2) is 9.78 Å². The number of anilines is 4. The average molecular weight is 369 g/mol. The molecule has 6 N–H and O–H groups in total. The van der Waals surface area contributed by atoms with Crippen molar-refractivity contribution in [2.24, 2.45) is 11.5 Å². The molecule has 0 radical (unpaired) electrons. The fourth-order valence-corrected chi connectivity index (χ4v) is 2.92. The number of nitrogens with zero attached hydrogens (tertiary/aromatic N) is 3. The van der Waals surface area contributed by atoms with E-state index in [1.807, 2.05) is 12.1 Å². The van der Waals surface area contributed by atoms with Crippen LogP contribution in [0.4, 0.5) is 27.9 Å². The minimum atomic E-state index is -0.512. The molecular weight excluding hydrogens is 346 g/mol. The van der Waals surface area contributed by atoms with Crippen LogP contribution in [0.3, 0.4) is 0 Å². The van der Waals surface area contributed by atoms with E-state index in [1.165, 1.54) is 11.3 Å². The standard InChI is InChI=1S/C18H23N7O2/c1-25(17(20)26)12-7-5-11(6-8-12)23-18-21-9-13(14-15(19)27-14)16(24-18)22-10-3-2-4-10/h5-10,14-15H,2-4,19H2,1H3,(H2,20,26)(H2,21,22,23,24). The summed E-state index contributed by atoms with van der Waals surface area (Å²) in [4.78, 5) is 21.6. The first-order chi connectivity index (χ1) is 13.0. The van der Waals surface area contributed by atoms with Gasteiger partial charge in [-0.1, -0.05) is 0 Å². The SMILES string of the molecule is CN(C(N)=O)c1ccc(Nc2ncc(C3OC3N)c(NC3CCC3)n2)cc1. The Kier molecular flexibility index (Phi) is 4.54. The Labute approximate surface area is 157 Å². The third-order valence-electron chi connectivity index (χ3n) is 4.94. The van der Waals surface area contributed by atoms with Crippen molar-refractivity contribution < 1.29 is 9.53 Å². The lowest BCUT2D eigenvalue weighted by Gasteiger charge is -2.27. The molecule has 2 fully saturated rings. The lowest BCUT2D eigenvalue weighted by atomic mass is 9.93. The van der Waals surface area contributed by atoms with Gasteiger partial charge in [0.15, 0.2) is 0 Å². The van der Waals surface area contributed by atoms with E-state index < -0.39 is 6.03 Å². The summed E-state index contributed by atoms with van der Waals surface area (Å²) >= 11 is 0. The molecule has 2 unspecified atom stereocenters. The first kappa shape index (κ1) is 17.5. The number of nitrogens with one attached hydrogen (secondary N) is 2. The van der Waals surface area contributed by atoms with Gasteiger partial charge in [0.2, 0.25) is 5.95 Å². The summed E-state index contributed by atoms with van der Waals surface area (Å²) in [6, 6.07) is 7.19. The van der Waals surface area contributed by atoms with Crippen molar-refractivity contribution >= 4 is 29.2 Å². The van der Waals surface area contributed by atoms with Gasteiger partial charge in [0.05, 0.1) is 0 Å². The molecule has 0 bridgehead atoms. The average Bonchev–Trinajstić information content (AvgIpc) is 3.34. The monoisotopic (exact) mass is 369 g/mol. The Hall–Kier alpha value is -2.91. The predicted molar refractivity (Wildman–Crippen MR) is 103 cm³/mol. The molecule has 4 rings (SSSR count). The van der Waals surface area contributed by atoms with E-state index in [1.54, 1.807) is 25.4 Å². The van der Waals surface area contributed by atoms with Crippen LogP contribution < -0.4 is 27.0 Å². The summed E-state index contributed by atoms with van der Waals surface area (Å²) in [6.07, 6.45) is 4.82. The van der Waals surface area contributed by atoms with Gasteiger partial charge in [-0.05, 0) is 43.5 Å². The second-order valence-corrected chi connectivity index (χ2v) is 6.86. The molecule has 2 atom stereocenters. The Bertz CT molecular complexity index is 838. The van der Waals surface area contributed by atoms with Crippen LogP contribution in [0, 0.1) is 0 Å². The number of carbonyl (C=O) groups excluding carboxylic acids is 1. The number of epoxide rings is 1. The number of urea groups is 1. The molecule has 1 aromatic heterocycles. The van der Waals surface area contributed by atoms with Crippen LogP contribution in [0.2, 0.25) is 0 Å². The highest BCUT2D eigenvalue weighted by molar-refractivity contribution is 5.90. The van der Waals surface area contributed by atoms with E-state index in [-0.39, 0.29) is 12.3 Å². The molecule has 1 aliphatic heterocycles. The molecule has 9 heteroatoms. The quantitative estimate of drug-likeness (QED) is 0.572. The van der Waals surface area contributed by atoms with Crippen molar-refractivity contribution in [3.63, 3.8) is 0 Å². The van der Waals surface area contributed by atoms with Crippen LogP contribution in [-0.4, -0.2) is 35.3 Å². The maximum Gasteiger partial charge on any atom is 0.318 e. The van der Waals surface area contributed by atoms with Gasteiger partial charge in [0, 0.05) is 36.2 Å². The van der Waals surface area contributed by atoms with Crippen molar-refractivity contribution in [3.05, 3.63) is 36.0 Å². The molecule has 2 aromatic rings. The second-order valence-electron chi connectivity index (χ2n) is 6.86. The molecule has 1 saturated carbocycles. The molecular formula is C18H23N7O2. The fourth-order valence-electron chi connectivity index (χ4n) is 2.92. The number of ether oxygens (including phenoxy) is 1. The zero-order valence-corrected chi connectivity index (χ0v) is 15.1. The van der Waals surface area contributed by atoms with Crippen molar-refractivity contribution in [3.8, 4) is 0 Å². The minimum Gasteiger partial charge on any atom is -0.367 e. The first-order valence-corrected chi connectivity index (χ1v) is 8.96. The molecule has 2 heterocycles. The smallest absolute Gasteiger partial charge is 0.318 e. The van der Waals surface area contributed by atoms with Crippen LogP contribution in [-0.2, 0) is 4.74 Å². The van der Waals surface area contributed by atoms with Gasteiger partial charge >= 0.3 is 6.03 Å². The van der Waals surface area contributed by atoms with E-state index in [0.717, 1.165) is 29.9 Å². The molecule has 1 aromatic carbocycles. The van der Waals surface area contributed by atoms with Crippen LogP contribution in [0.15, 0.2) is 30.5 Å². The molecule has 2 aliphatic rings. The third kappa shape index (κ3) is 3.79. The number of rotatable bonds is 6. The number of carbonyl (C=O) groups is 1. The van der Waals surface area contributed by atoms with E-state index in [0.29, 0.717) is 17.7 Å². The second kappa shape index (κ2) is 7.01. The van der Waals surface area contributed by atoms with Gasteiger partial charge in [0.25, 0.3) is 0 Å². The Balaban J connectivity index is 1.51. The summed E-state index contributed by atoms with van der Waals surface area (Å²) in [7, 11) is 1.62. The molecule has 0 spiro atoms. The highest BCUT2D eigenvalue weighted by Crippen LogP contribution is 2.39. The lowest BCUT2D eigenvalue weighted by Crippen LogP contribution is -2.31. The zero-order chi connectivity index (χ0) is 19.0. The highest BCUT2D eigenvalue weighted by atomic mass is 16.6. The summed E-state index contributed by atoms with van der Waals surface area (Å²) in [5, 5.41) is 6.64. The van der Waals surface area contributed by atoms with Crippen molar-refractivity contribution in [1.82, 2.24) is 9.97 Å². The maximum atomic E-state index is 11.2. The van der Waals surface area contributed by atoms with Gasteiger partial charge in [0.1, 0.15) is 18.1 Å². The van der Waals surface area contributed by atoms with Gasteiger partial charge in [-0.3, -0.25) is 4.90 Å². The zero-order valence-electron chi connectivity index (χ0n) is 15.1. The number of primary amides is 1. The van der Waals surface area contributed by atoms with Crippen LogP contribution in [0.1, 0.15) is 30.9 Å². The predicted octanol–water partition coefficient (Wildman–Crippen LogP) is 2.06. The number of aromatic nitrogens is 2. The van der Waals surface area contributed by atoms with E-state index >= 15 is 0 Å². The van der Waals surface area contributed by atoms with Crippen LogP contribution in [0.5, 0.6) is 0 Å². The van der Waals surface area contributed by atoms with Gasteiger partial charge < -0.3 is 26.8 Å². The van der Waals surface area contributed by atoms with Crippen molar-refractivity contribution in [1.29, 1.82) is 0 Å². The third-order valence-corrected chi connectivity index (χ3v) is 4.94. The number of amides is 2. The van der Waals surface area contributed by atoms with E-state index in [4.69, 9.17) is 16.2 Å². The Morgan fingerprint density at radius 1 is 1.30 bits per heavy atom. The van der Waals surface area contributed by atoms with Crippen molar-refractivity contribution in [2.45, 2.75) is 37.6 Å². The van der Waals surface area contributed by atoms with E-state index in [9.17, 15) is 4.79 Å². The molecule has 9 nitrogen and oxygen atoms in total. The summed E-state index contributed by atoms with van der Waals surface area (Å²) < 4.78 is 5.38. The van der Waals surface area contributed by atoms with Crippen molar-refractivity contribution in [2.75, 3.05) is 22.6 Å². The molecule has 2 amide bonds. The number of benzene rings is 1. The fraction of sp³-hybridized carbons (Fsp3) is 0.389.